The van der Waals surface area contributed by atoms with Crippen LogP contribution in [0, 0.1) is 6.92 Å². The number of benzene rings is 2. The molecule has 0 aliphatic carbocycles. The van der Waals surface area contributed by atoms with Crippen molar-refractivity contribution in [3.8, 4) is 5.75 Å². The van der Waals surface area contributed by atoms with Gasteiger partial charge in [-0.15, -0.1) is 11.3 Å². The minimum absolute atomic E-state index is 0.302. The number of aryl methyl sites for hydroxylation is 1. The Morgan fingerprint density at radius 1 is 1.20 bits per heavy atom. The lowest BCUT2D eigenvalue weighted by atomic mass is 9.98. The van der Waals surface area contributed by atoms with Crippen LogP contribution >= 0.6 is 22.9 Å². The summed E-state index contributed by atoms with van der Waals surface area (Å²) in [6.45, 7) is 3.62. The zero-order valence-electron chi connectivity index (χ0n) is 17.0. The molecule has 4 rings (SSSR count). The quantitative estimate of drug-likeness (QED) is 0.552. The zero-order chi connectivity index (χ0) is 21.5. The first kappa shape index (κ1) is 21.2. The highest BCUT2D eigenvalue weighted by Gasteiger charge is 2.23. The molecule has 1 aliphatic heterocycles. The van der Waals surface area contributed by atoms with Crippen molar-refractivity contribution in [2.45, 2.75) is 17.6 Å². The molecule has 2 heterocycles. The third kappa shape index (κ3) is 4.07. The normalized spacial score (nSPS) is 15.3. The lowest BCUT2D eigenvalue weighted by Gasteiger charge is -2.23. The van der Waals surface area contributed by atoms with Crippen molar-refractivity contribution in [3.63, 3.8) is 0 Å². The van der Waals surface area contributed by atoms with Crippen molar-refractivity contribution < 1.29 is 13.2 Å². The molecule has 2 aromatic carbocycles. The number of hydrogen-bond donors (Lipinski definition) is 1. The first-order valence-corrected chi connectivity index (χ1v) is 12.2. The van der Waals surface area contributed by atoms with Gasteiger partial charge in [0.1, 0.15) is 9.96 Å². The van der Waals surface area contributed by atoms with E-state index in [1.54, 1.807) is 25.3 Å². The molecule has 0 spiro atoms. The Balaban J connectivity index is 1.70. The molecule has 30 heavy (non-hydrogen) atoms. The van der Waals surface area contributed by atoms with E-state index in [4.69, 9.17) is 16.3 Å². The van der Waals surface area contributed by atoms with E-state index in [0.29, 0.717) is 20.5 Å². The van der Waals surface area contributed by atoms with E-state index in [1.807, 2.05) is 25.1 Å². The number of methoxy groups -OCH3 is 1. The maximum absolute atomic E-state index is 13.2. The molecule has 1 aromatic heterocycles. The Hall–Kier alpha value is -2.06. The van der Waals surface area contributed by atoms with Gasteiger partial charge in [-0.2, -0.15) is 0 Å². The number of likely N-dealkylation sites (N-methyl/N-ethyl adjacent to an activating group) is 1. The van der Waals surface area contributed by atoms with Gasteiger partial charge in [0.05, 0.1) is 7.11 Å². The molecular formula is C22H23ClN2O3S2. The summed E-state index contributed by atoms with van der Waals surface area (Å²) in [7, 11) is -0.0298. The Kier molecular flexibility index (Phi) is 5.81. The van der Waals surface area contributed by atoms with Crippen LogP contribution in [0.4, 0.5) is 5.69 Å². The largest absolute Gasteiger partial charge is 0.496 e. The van der Waals surface area contributed by atoms with Crippen LogP contribution in [0.3, 0.4) is 0 Å². The molecule has 158 valence electrons. The topological polar surface area (TPSA) is 58.6 Å². The predicted molar refractivity (Wildman–Crippen MR) is 125 cm³/mol. The molecule has 0 bridgehead atoms. The van der Waals surface area contributed by atoms with E-state index in [2.05, 4.69) is 22.7 Å². The minimum atomic E-state index is -3.74. The van der Waals surface area contributed by atoms with Crippen LogP contribution in [0.25, 0.3) is 15.7 Å². The summed E-state index contributed by atoms with van der Waals surface area (Å²) in [4.78, 5) is 2.24. The summed E-state index contributed by atoms with van der Waals surface area (Å²) in [5.41, 5.74) is 3.31. The van der Waals surface area contributed by atoms with Crippen LogP contribution < -0.4 is 9.46 Å². The number of sulfonamides is 1. The third-order valence-corrected chi connectivity index (χ3v) is 8.82. The molecule has 3 aromatic rings. The van der Waals surface area contributed by atoms with Gasteiger partial charge >= 0.3 is 0 Å². The number of halogens is 1. The summed E-state index contributed by atoms with van der Waals surface area (Å²) in [5.74, 6) is 0.737. The van der Waals surface area contributed by atoms with E-state index in [-0.39, 0.29) is 0 Å². The third-order valence-electron chi connectivity index (χ3n) is 5.31. The molecule has 0 fully saturated rings. The van der Waals surface area contributed by atoms with Crippen molar-refractivity contribution in [2.75, 3.05) is 32.0 Å². The number of rotatable bonds is 5. The molecule has 0 saturated heterocycles. The molecule has 0 unspecified atom stereocenters. The standard InChI is InChI=1S/C22H23ClN2O3S2/c1-14-18-12-16(23)4-7-21(18)29-22(14)30(26,27)24-17-5-6-20(28-3)19(13-17)15-8-10-25(2)11-9-15/h4-8,12-13,24H,9-11H2,1-3H3. The van der Waals surface area contributed by atoms with Gasteiger partial charge in [-0.05, 0) is 73.3 Å². The van der Waals surface area contributed by atoms with Gasteiger partial charge < -0.3 is 9.64 Å². The van der Waals surface area contributed by atoms with Crippen LogP contribution in [0.15, 0.2) is 46.7 Å². The number of nitrogens with one attached hydrogen (secondary N) is 1. The Morgan fingerprint density at radius 2 is 2.00 bits per heavy atom. The zero-order valence-corrected chi connectivity index (χ0v) is 19.4. The minimum Gasteiger partial charge on any atom is -0.496 e. The fourth-order valence-corrected chi connectivity index (χ4v) is 6.64. The van der Waals surface area contributed by atoms with Crippen LogP contribution in [0.2, 0.25) is 5.02 Å². The van der Waals surface area contributed by atoms with E-state index in [9.17, 15) is 8.42 Å². The lowest BCUT2D eigenvalue weighted by Crippen LogP contribution is -2.23. The lowest BCUT2D eigenvalue weighted by molar-refractivity contribution is 0.369. The molecule has 1 aliphatic rings. The second kappa shape index (κ2) is 8.23. The van der Waals surface area contributed by atoms with E-state index in [1.165, 1.54) is 16.9 Å². The second-order valence-corrected chi connectivity index (χ2v) is 10.8. The van der Waals surface area contributed by atoms with Crippen molar-refractivity contribution >= 4 is 54.3 Å². The summed E-state index contributed by atoms with van der Waals surface area (Å²) >= 11 is 7.34. The summed E-state index contributed by atoms with van der Waals surface area (Å²) in [6, 6.07) is 10.8. The van der Waals surface area contributed by atoms with E-state index < -0.39 is 10.0 Å². The van der Waals surface area contributed by atoms with Crippen LogP contribution in [-0.4, -0.2) is 40.6 Å². The van der Waals surface area contributed by atoms with E-state index in [0.717, 1.165) is 40.9 Å². The summed E-state index contributed by atoms with van der Waals surface area (Å²) < 4.78 is 35.8. The molecule has 5 nitrogen and oxygen atoms in total. The van der Waals surface area contributed by atoms with Gasteiger partial charge in [0.25, 0.3) is 10.0 Å². The first-order chi connectivity index (χ1) is 14.3. The van der Waals surface area contributed by atoms with Gasteiger partial charge in [-0.1, -0.05) is 17.7 Å². The molecule has 0 saturated carbocycles. The number of hydrogen-bond acceptors (Lipinski definition) is 5. The summed E-state index contributed by atoms with van der Waals surface area (Å²) in [5, 5.41) is 1.45. The van der Waals surface area contributed by atoms with Gasteiger partial charge in [0.2, 0.25) is 0 Å². The molecule has 0 radical (unpaired) electrons. The predicted octanol–water partition coefficient (Wildman–Crippen LogP) is 5.39. The highest BCUT2D eigenvalue weighted by Crippen LogP contribution is 2.37. The average molecular weight is 463 g/mol. The highest BCUT2D eigenvalue weighted by atomic mass is 35.5. The van der Waals surface area contributed by atoms with Crippen LogP contribution in [-0.2, 0) is 10.0 Å². The van der Waals surface area contributed by atoms with Crippen molar-refractivity contribution in [1.29, 1.82) is 0 Å². The maximum Gasteiger partial charge on any atom is 0.271 e. The number of thiophene rings is 1. The van der Waals surface area contributed by atoms with Crippen molar-refractivity contribution in [2.24, 2.45) is 0 Å². The van der Waals surface area contributed by atoms with Gasteiger partial charge in [-0.25, -0.2) is 8.42 Å². The smallest absolute Gasteiger partial charge is 0.271 e. The number of ether oxygens (including phenoxy) is 1. The van der Waals surface area contributed by atoms with Gasteiger partial charge in [0.15, 0.2) is 0 Å². The maximum atomic E-state index is 13.2. The van der Waals surface area contributed by atoms with Crippen molar-refractivity contribution in [1.82, 2.24) is 4.90 Å². The van der Waals surface area contributed by atoms with Gasteiger partial charge in [-0.3, -0.25) is 4.72 Å². The molecule has 0 atom stereocenters. The van der Waals surface area contributed by atoms with Crippen molar-refractivity contribution in [3.05, 3.63) is 58.6 Å². The SMILES string of the molecule is COc1ccc(NS(=O)(=O)c2sc3ccc(Cl)cc3c2C)cc1C1=CCN(C)CC1. The molecule has 0 amide bonds. The number of fused-ring (bicyclic) bond motifs is 1. The number of anilines is 1. The fraction of sp³-hybridized carbons (Fsp3) is 0.273. The Morgan fingerprint density at radius 3 is 2.70 bits per heavy atom. The van der Waals surface area contributed by atoms with Gasteiger partial charge in [0, 0.05) is 34.1 Å². The second-order valence-electron chi connectivity index (χ2n) is 7.42. The Bertz CT molecular complexity index is 1250. The Labute approximate surface area is 186 Å². The average Bonchev–Trinajstić information content (AvgIpc) is 3.05. The van der Waals surface area contributed by atoms with Crippen LogP contribution in [0.1, 0.15) is 17.5 Å². The fourth-order valence-electron chi connectivity index (χ4n) is 3.67. The molecular weight excluding hydrogens is 440 g/mol. The highest BCUT2D eigenvalue weighted by molar-refractivity contribution is 7.94. The van der Waals surface area contributed by atoms with E-state index >= 15 is 0 Å². The monoisotopic (exact) mass is 462 g/mol. The number of nitrogens with zero attached hydrogens (tertiary/aromatic N) is 1. The first-order valence-electron chi connectivity index (χ1n) is 9.56. The molecule has 1 N–H and O–H groups in total. The summed E-state index contributed by atoms with van der Waals surface area (Å²) in [6.07, 6.45) is 3.05. The van der Waals surface area contributed by atoms with Crippen LogP contribution in [0.5, 0.6) is 5.75 Å². The molecule has 8 heteroatoms.